The first-order valence-electron chi connectivity index (χ1n) is 6.44. The lowest BCUT2D eigenvalue weighted by Crippen LogP contribution is -2.36. The van der Waals surface area contributed by atoms with Gasteiger partial charge in [-0.1, -0.05) is 18.2 Å². The number of methoxy groups -OCH3 is 1. The molecule has 1 heterocycles. The van der Waals surface area contributed by atoms with Crippen LogP contribution >= 0.6 is 0 Å². The maximum atomic E-state index is 11.1. The molecule has 0 aliphatic carbocycles. The van der Waals surface area contributed by atoms with Crippen LogP contribution in [0.2, 0.25) is 0 Å². The Hall–Kier alpha value is -1.75. The van der Waals surface area contributed by atoms with E-state index in [2.05, 4.69) is 15.0 Å². The minimum absolute atomic E-state index is 0.124. The number of benzene rings is 1. The summed E-state index contributed by atoms with van der Waals surface area (Å²) in [5.41, 5.74) is 1.82. The van der Waals surface area contributed by atoms with E-state index in [9.17, 15) is 9.90 Å². The van der Waals surface area contributed by atoms with E-state index in [4.69, 9.17) is 0 Å². The summed E-state index contributed by atoms with van der Waals surface area (Å²) in [6, 6.07) is 5.90. The van der Waals surface area contributed by atoms with Gasteiger partial charge in [-0.15, -0.1) is 0 Å². The molecule has 0 bridgehead atoms. The van der Waals surface area contributed by atoms with Gasteiger partial charge >= 0.3 is 6.09 Å². The van der Waals surface area contributed by atoms with E-state index in [0.717, 1.165) is 30.6 Å². The fourth-order valence-electron chi connectivity index (χ4n) is 2.41. The summed E-state index contributed by atoms with van der Waals surface area (Å²) in [5, 5.41) is 12.8. The summed E-state index contributed by atoms with van der Waals surface area (Å²) in [6.07, 6.45) is 0.520. The van der Waals surface area contributed by atoms with Crippen LogP contribution in [0.25, 0.3) is 0 Å². The molecule has 2 rings (SSSR count). The van der Waals surface area contributed by atoms with Gasteiger partial charge in [0.05, 0.1) is 7.11 Å². The van der Waals surface area contributed by atoms with Gasteiger partial charge in [-0.05, 0) is 18.9 Å². The number of carbonyl (C=O) groups is 1. The number of aryl methyl sites for hydroxylation is 1. The van der Waals surface area contributed by atoms with Gasteiger partial charge in [-0.2, -0.15) is 0 Å². The van der Waals surface area contributed by atoms with E-state index < -0.39 is 0 Å². The molecule has 0 radical (unpaired) electrons. The van der Waals surface area contributed by atoms with Crippen LogP contribution in [0.15, 0.2) is 18.2 Å². The topological polar surface area (TPSA) is 61.8 Å². The van der Waals surface area contributed by atoms with Crippen molar-refractivity contribution in [1.29, 1.82) is 0 Å². The third-order valence-corrected chi connectivity index (χ3v) is 3.50. The van der Waals surface area contributed by atoms with E-state index in [1.54, 1.807) is 0 Å². The van der Waals surface area contributed by atoms with Gasteiger partial charge in [-0.3, -0.25) is 4.90 Å². The molecule has 0 spiro atoms. The SMILES string of the molecule is COC(=O)NC1CCN(Cc2cccc(C)c2O)C1. The van der Waals surface area contributed by atoms with Crippen molar-refractivity contribution in [2.45, 2.75) is 25.9 Å². The number of phenols is 1. The highest BCUT2D eigenvalue weighted by molar-refractivity contribution is 5.67. The van der Waals surface area contributed by atoms with Crippen LogP contribution in [0.5, 0.6) is 5.75 Å². The second-order valence-corrected chi connectivity index (χ2v) is 4.94. The predicted molar refractivity (Wildman–Crippen MR) is 72.1 cm³/mol. The molecule has 1 unspecified atom stereocenters. The first kappa shape index (κ1) is 13.7. The van der Waals surface area contributed by atoms with Gasteiger partial charge in [-0.25, -0.2) is 4.79 Å². The van der Waals surface area contributed by atoms with Crippen LogP contribution < -0.4 is 5.32 Å². The summed E-state index contributed by atoms with van der Waals surface area (Å²) in [4.78, 5) is 13.4. The number of amides is 1. The van der Waals surface area contributed by atoms with E-state index in [-0.39, 0.29) is 12.1 Å². The number of likely N-dealkylation sites (tertiary alicyclic amines) is 1. The molecule has 2 N–H and O–H groups in total. The van der Waals surface area contributed by atoms with E-state index in [0.29, 0.717) is 12.3 Å². The van der Waals surface area contributed by atoms with Crippen LogP contribution in [0.4, 0.5) is 4.79 Å². The van der Waals surface area contributed by atoms with Crippen molar-refractivity contribution < 1.29 is 14.6 Å². The Morgan fingerprint density at radius 2 is 2.37 bits per heavy atom. The Bertz CT molecular complexity index is 462. The largest absolute Gasteiger partial charge is 0.507 e. The lowest BCUT2D eigenvalue weighted by molar-refractivity contribution is 0.166. The van der Waals surface area contributed by atoms with E-state index in [1.165, 1.54) is 7.11 Å². The van der Waals surface area contributed by atoms with Crippen molar-refractivity contribution in [3.05, 3.63) is 29.3 Å². The number of para-hydroxylation sites is 1. The Morgan fingerprint density at radius 1 is 1.58 bits per heavy atom. The van der Waals surface area contributed by atoms with Crippen molar-refractivity contribution in [3.8, 4) is 5.75 Å². The highest BCUT2D eigenvalue weighted by atomic mass is 16.5. The number of aromatic hydroxyl groups is 1. The van der Waals surface area contributed by atoms with Gasteiger partial charge in [0.25, 0.3) is 0 Å². The number of hydrogen-bond acceptors (Lipinski definition) is 4. The van der Waals surface area contributed by atoms with Gasteiger partial charge in [0, 0.05) is 31.2 Å². The average molecular weight is 264 g/mol. The van der Waals surface area contributed by atoms with Crippen molar-refractivity contribution in [2.75, 3.05) is 20.2 Å². The van der Waals surface area contributed by atoms with E-state index >= 15 is 0 Å². The van der Waals surface area contributed by atoms with E-state index in [1.807, 2.05) is 25.1 Å². The molecular weight excluding hydrogens is 244 g/mol. The average Bonchev–Trinajstić information content (AvgIpc) is 2.82. The fraction of sp³-hybridized carbons (Fsp3) is 0.500. The molecule has 1 aromatic rings. The normalized spacial score (nSPS) is 19.4. The van der Waals surface area contributed by atoms with Gasteiger partial charge in [0.2, 0.25) is 0 Å². The molecule has 19 heavy (non-hydrogen) atoms. The van der Waals surface area contributed by atoms with Crippen LogP contribution in [0.1, 0.15) is 17.5 Å². The van der Waals surface area contributed by atoms with Crippen LogP contribution in [-0.4, -0.2) is 42.3 Å². The number of nitrogens with one attached hydrogen (secondary N) is 1. The third-order valence-electron chi connectivity index (χ3n) is 3.50. The Kier molecular flexibility index (Phi) is 4.27. The van der Waals surface area contributed by atoms with Gasteiger partial charge in [0.1, 0.15) is 5.75 Å². The molecule has 5 nitrogen and oxygen atoms in total. The molecule has 5 heteroatoms. The highest BCUT2D eigenvalue weighted by Crippen LogP contribution is 2.24. The van der Waals surface area contributed by atoms with Crippen LogP contribution in [0.3, 0.4) is 0 Å². The summed E-state index contributed by atoms with van der Waals surface area (Å²) in [5.74, 6) is 0.367. The molecule has 1 atom stereocenters. The smallest absolute Gasteiger partial charge is 0.407 e. The van der Waals surface area contributed by atoms with Crippen molar-refractivity contribution >= 4 is 6.09 Å². The summed E-state index contributed by atoms with van der Waals surface area (Å²) in [6.45, 7) is 4.28. The molecule has 1 fully saturated rings. The van der Waals surface area contributed by atoms with Crippen molar-refractivity contribution in [1.82, 2.24) is 10.2 Å². The van der Waals surface area contributed by atoms with Gasteiger partial charge in [0.15, 0.2) is 0 Å². The number of rotatable bonds is 3. The second-order valence-electron chi connectivity index (χ2n) is 4.94. The monoisotopic (exact) mass is 264 g/mol. The minimum Gasteiger partial charge on any atom is -0.507 e. The Morgan fingerprint density at radius 3 is 3.11 bits per heavy atom. The first-order valence-corrected chi connectivity index (χ1v) is 6.44. The highest BCUT2D eigenvalue weighted by Gasteiger charge is 2.24. The number of phenolic OH excluding ortho intramolecular Hbond substituents is 1. The Balaban J connectivity index is 1.91. The Labute approximate surface area is 113 Å². The zero-order valence-electron chi connectivity index (χ0n) is 11.3. The third kappa shape index (κ3) is 3.38. The second kappa shape index (κ2) is 5.93. The summed E-state index contributed by atoms with van der Waals surface area (Å²) < 4.78 is 4.59. The number of nitrogens with zero attached hydrogens (tertiary/aromatic N) is 1. The molecule has 1 saturated heterocycles. The van der Waals surface area contributed by atoms with Crippen LogP contribution in [-0.2, 0) is 11.3 Å². The maximum absolute atomic E-state index is 11.1. The number of hydrogen-bond donors (Lipinski definition) is 2. The number of alkyl carbamates (subject to hydrolysis) is 1. The molecule has 0 saturated carbocycles. The number of carbonyl (C=O) groups excluding carboxylic acids is 1. The summed E-state index contributed by atoms with van der Waals surface area (Å²) >= 11 is 0. The minimum atomic E-state index is -0.384. The lowest BCUT2D eigenvalue weighted by atomic mass is 10.1. The molecule has 1 amide bonds. The standard InChI is InChI=1S/C14H20N2O3/c1-10-4-3-5-11(13(10)17)8-16-7-6-12(9-16)15-14(18)19-2/h3-5,12,17H,6-9H2,1-2H3,(H,15,18). The molecule has 0 aromatic heterocycles. The summed E-state index contributed by atoms with van der Waals surface area (Å²) in [7, 11) is 1.37. The quantitative estimate of drug-likeness (QED) is 0.871. The molecule has 1 aliphatic heterocycles. The zero-order valence-corrected chi connectivity index (χ0v) is 11.3. The molecular formula is C14H20N2O3. The fourth-order valence-corrected chi connectivity index (χ4v) is 2.41. The molecule has 1 aromatic carbocycles. The van der Waals surface area contributed by atoms with Gasteiger partial charge < -0.3 is 15.2 Å². The first-order chi connectivity index (χ1) is 9.10. The zero-order chi connectivity index (χ0) is 13.8. The maximum Gasteiger partial charge on any atom is 0.407 e. The molecule has 104 valence electrons. The van der Waals surface area contributed by atoms with Crippen molar-refractivity contribution in [3.63, 3.8) is 0 Å². The van der Waals surface area contributed by atoms with Crippen molar-refractivity contribution in [2.24, 2.45) is 0 Å². The number of ether oxygens (including phenoxy) is 1. The van der Waals surface area contributed by atoms with Crippen LogP contribution in [0, 0.1) is 6.92 Å². The lowest BCUT2D eigenvalue weighted by Gasteiger charge is -2.17. The predicted octanol–water partition coefficient (Wildman–Crippen LogP) is 1.63. The molecule has 1 aliphatic rings.